The highest BCUT2D eigenvalue weighted by molar-refractivity contribution is 8.00. The Kier molecular flexibility index (Phi) is 6.09. The first-order chi connectivity index (χ1) is 13.7. The molecule has 0 bridgehead atoms. The quantitative estimate of drug-likeness (QED) is 0.596. The second kappa shape index (κ2) is 8.89. The maximum Gasteiger partial charge on any atom is 0.233 e. The zero-order valence-corrected chi connectivity index (χ0v) is 17.2. The van der Waals surface area contributed by atoms with E-state index in [1.165, 1.54) is 11.8 Å². The van der Waals surface area contributed by atoms with Crippen LogP contribution in [0.3, 0.4) is 0 Å². The molecule has 1 aliphatic heterocycles. The first kappa shape index (κ1) is 19.2. The molecule has 0 aliphatic carbocycles. The van der Waals surface area contributed by atoms with Gasteiger partial charge in [-0.3, -0.25) is 9.36 Å². The van der Waals surface area contributed by atoms with Crippen LogP contribution >= 0.6 is 23.1 Å². The van der Waals surface area contributed by atoms with Crippen molar-refractivity contribution in [1.29, 1.82) is 0 Å². The molecule has 2 atom stereocenters. The molecule has 3 aromatic rings. The van der Waals surface area contributed by atoms with Gasteiger partial charge in [0.2, 0.25) is 5.91 Å². The lowest BCUT2D eigenvalue weighted by Crippen LogP contribution is -2.36. The number of carbonyl (C=O) groups is 1. The number of thioether (sulfide) groups is 1. The number of aromatic nitrogens is 3. The largest absolute Gasteiger partial charge is 0.376 e. The number of carbonyl (C=O) groups excluding carboxylic acids is 1. The lowest BCUT2D eigenvalue weighted by Gasteiger charge is -2.15. The number of nitrogens with one attached hydrogen (secondary N) is 1. The molecule has 8 heteroatoms. The first-order valence-electron chi connectivity index (χ1n) is 9.33. The standard InChI is InChI=1S/C20H22N4O2S2/c1-14(19(25)21-13-16-9-5-11-26-16)28-20-23-22-18(17-10-6-12-27-17)24(20)15-7-3-2-4-8-15/h2-4,6-8,10,12,14,16H,5,9,11,13H2,1H3,(H,21,25). The number of ether oxygens (including phenoxy) is 1. The molecule has 2 unspecified atom stereocenters. The van der Waals surface area contributed by atoms with Gasteiger partial charge in [-0.2, -0.15) is 0 Å². The number of nitrogens with zero attached hydrogens (tertiary/aromatic N) is 3. The Morgan fingerprint density at radius 2 is 2.18 bits per heavy atom. The van der Waals surface area contributed by atoms with Crippen molar-refractivity contribution in [3.8, 4) is 16.4 Å². The van der Waals surface area contributed by atoms with Crippen molar-refractivity contribution in [2.45, 2.75) is 36.3 Å². The Hall–Kier alpha value is -2.16. The van der Waals surface area contributed by atoms with Crippen LogP contribution in [0.25, 0.3) is 16.4 Å². The molecule has 0 spiro atoms. The van der Waals surface area contributed by atoms with Crippen LogP contribution in [0.1, 0.15) is 19.8 Å². The summed E-state index contributed by atoms with van der Waals surface area (Å²) < 4.78 is 7.59. The van der Waals surface area contributed by atoms with Gasteiger partial charge in [0.25, 0.3) is 0 Å². The van der Waals surface area contributed by atoms with Gasteiger partial charge in [-0.25, -0.2) is 0 Å². The van der Waals surface area contributed by atoms with E-state index in [1.807, 2.05) is 59.3 Å². The van der Waals surface area contributed by atoms with E-state index in [0.717, 1.165) is 35.8 Å². The molecule has 1 aromatic carbocycles. The molecular weight excluding hydrogens is 392 g/mol. The van der Waals surface area contributed by atoms with Gasteiger partial charge in [0.1, 0.15) is 0 Å². The molecule has 0 radical (unpaired) electrons. The molecule has 146 valence electrons. The summed E-state index contributed by atoms with van der Waals surface area (Å²) in [6.07, 6.45) is 2.21. The lowest BCUT2D eigenvalue weighted by atomic mass is 10.2. The zero-order valence-electron chi connectivity index (χ0n) is 15.6. The fraction of sp³-hybridized carbons (Fsp3) is 0.350. The minimum Gasteiger partial charge on any atom is -0.376 e. The molecular formula is C20H22N4O2S2. The fourth-order valence-corrected chi connectivity index (χ4v) is 4.69. The number of hydrogen-bond acceptors (Lipinski definition) is 6. The van der Waals surface area contributed by atoms with Crippen LogP contribution in [0.5, 0.6) is 0 Å². The summed E-state index contributed by atoms with van der Waals surface area (Å²) in [5, 5.41) is 14.2. The molecule has 3 heterocycles. The number of para-hydroxylation sites is 1. The maximum atomic E-state index is 12.5. The van der Waals surface area contributed by atoms with E-state index < -0.39 is 0 Å². The third kappa shape index (κ3) is 4.29. The normalized spacial score (nSPS) is 17.5. The van der Waals surface area contributed by atoms with E-state index >= 15 is 0 Å². The Bertz CT molecular complexity index is 906. The highest BCUT2D eigenvalue weighted by atomic mass is 32.2. The van der Waals surface area contributed by atoms with Crippen molar-refractivity contribution in [2.75, 3.05) is 13.2 Å². The topological polar surface area (TPSA) is 69.0 Å². The molecule has 6 nitrogen and oxygen atoms in total. The van der Waals surface area contributed by atoms with Gasteiger partial charge < -0.3 is 10.1 Å². The Morgan fingerprint density at radius 1 is 1.32 bits per heavy atom. The highest BCUT2D eigenvalue weighted by Crippen LogP contribution is 2.32. The predicted molar refractivity (Wildman–Crippen MR) is 112 cm³/mol. The van der Waals surface area contributed by atoms with Gasteiger partial charge >= 0.3 is 0 Å². The number of benzene rings is 1. The van der Waals surface area contributed by atoms with Crippen LogP contribution in [0.15, 0.2) is 53.0 Å². The van der Waals surface area contributed by atoms with Crippen molar-refractivity contribution in [2.24, 2.45) is 0 Å². The van der Waals surface area contributed by atoms with E-state index in [9.17, 15) is 4.79 Å². The molecule has 1 saturated heterocycles. The number of hydrogen-bond donors (Lipinski definition) is 1. The molecule has 0 saturated carbocycles. The number of thiophene rings is 1. The summed E-state index contributed by atoms with van der Waals surface area (Å²) in [7, 11) is 0. The van der Waals surface area contributed by atoms with Crippen LogP contribution in [-0.4, -0.2) is 45.2 Å². The molecule has 1 fully saturated rings. The van der Waals surface area contributed by atoms with Crippen molar-refractivity contribution in [3.63, 3.8) is 0 Å². The van der Waals surface area contributed by atoms with Gasteiger partial charge in [0.15, 0.2) is 11.0 Å². The smallest absolute Gasteiger partial charge is 0.233 e. The SMILES string of the molecule is CC(Sc1nnc(-c2cccs2)n1-c1ccccc1)C(=O)NCC1CCCO1. The average molecular weight is 415 g/mol. The summed E-state index contributed by atoms with van der Waals surface area (Å²) in [6, 6.07) is 14.0. The molecule has 1 N–H and O–H groups in total. The minimum atomic E-state index is -0.288. The molecule has 1 aliphatic rings. The Labute approximate surface area is 172 Å². The average Bonchev–Trinajstić information content (AvgIpc) is 3.47. The summed E-state index contributed by atoms with van der Waals surface area (Å²) in [5.74, 6) is 0.774. The molecule has 1 amide bonds. The second-order valence-electron chi connectivity index (χ2n) is 6.59. The van der Waals surface area contributed by atoms with Crippen LogP contribution in [0.4, 0.5) is 0 Å². The maximum absolute atomic E-state index is 12.5. The van der Waals surface area contributed by atoms with E-state index in [-0.39, 0.29) is 17.3 Å². The monoisotopic (exact) mass is 414 g/mol. The zero-order chi connectivity index (χ0) is 19.3. The summed E-state index contributed by atoms with van der Waals surface area (Å²) in [6.45, 7) is 3.25. The van der Waals surface area contributed by atoms with Crippen LogP contribution in [-0.2, 0) is 9.53 Å². The third-order valence-electron chi connectivity index (χ3n) is 4.57. The molecule has 28 heavy (non-hydrogen) atoms. The second-order valence-corrected chi connectivity index (χ2v) is 8.85. The number of amides is 1. The van der Waals surface area contributed by atoms with Gasteiger partial charge in [-0.05, 0) is 43.3 Å². The van der Waals surface area contributed by atoms with Gasteiger partial charge in [-0.1, -0.05) is 36.0 Å². The highest BCUT2D eigenvalue weighted by Gasteiger charge is 2.23. The predicted octanol–water partition coefficient (Wildman–Crippen LogP) is 3.77. The van der Waals surface area contributed by atoms with Gasteiger partial charge in [0.05, 0.1) is 16.2 Å². The van der Waals surface area contributed by atoms with Crippen molar-refractivity contribution >= 4 is 29.0 Å². The van der Waals surface area contributed by atoms with Crippen LogP contribution in [0.2, 0.25) is 0 Å². The van der Waals surface area contributed by atoms with Crippen molar-refractivity contribution in [1.82, 2.24) is 20.1 Å². The Balaban J connectivity index is 1.53. The third-order valence-corrected chi connectivity index (χ3v) is 6.48. The van der Waals surface area contributed by atoms with Crippen molar-refractivity contribution in [3.05, 3.63) is 47.8 Å². The number of rotatable bonds is 7. The molecule has 2 aromatic heterocycles. The molecule has 4 rings (SSSR count). The summed E-state index contributed by atoms with van der Waals surface area (Å²) >= 11 is 3.03. The van der Waals surface area contributed by atoms with E-state index in [0.29, 0.717) is 11.7 Å². The van der Waals surface area contributed by atoms with Gasteiger partial charge in [0, 0.05) is 18.8 Å². The van der Waals surface area contributed by atoms with Gasteiger partial charge in [-0.15, -0.1) is 21.5 Å². The van der Waals surface area contributed by atoms with Crippen LogP contribution in [0, 0.1) is 0 Å². The minimum absolute atomic E-state index is 0.0132. The summed E-state index contributed by atoms with van der Waals surface area (Å²) in [4.78, 5) is 13.6. The summed E-state index contributed by atoms with van der Waals surface area (Å²) in [5.41, 5.74) is 0.977. The first-order valence-corrected chi connectivity index (χ1v) is 11.1. The Morgan fingerprint density at radius 3 is 2.89 bits per heavy atom. The fourth-order valence-electron chi connectivity index (χ4n) is 3.10. The van der Waals surface area contributed by atoms with Crippen molar-refractivity contribution < 1.29 is 9.53 Å². The van der Waals surface area contributed by atoms with E-state index in [4.69, 9.17) is 4.74 Å². The van der Waals surface area contributed by atoms with E-state index in [2.05, 4.69) is 15.5 Å². The van der Waals surface area contributed by atoms with Crippen LogP contribution < -0.4 is 5.32 Å². The van der Waals surface area contributed by atoms with E-state index in [1.54, 1.807) is 11.3 Å². The lowest BCUT2D eigenvalue weighted by molar-refractivity contribution is -0.120.